The highest BCUT2D eigenvalue weighted by Gasteiger charge is 2.20. The van der Waals surface area contributed by atoms with Crippen LogP contribution in [0.2, 0.25) is 0 Å². The third-order valence-electron chi connectivity index (χ3n) is 4.57. The second kappa shape index (κ2) is 8.65. The number of carbonyl (C=O) groups excluding carboxylic acids is 1. The molecule has 27 heavy (non-hydrogen) atoms. The van der Waals surface area contributed by atoms with E-state index in [1.54, 1.807) is 6.92 Å². The van der Waals surface area contributed by atoms with Crippen LogP contribution in [0.15, 0.2) is 59.5 Å². The Morgan fingerprint density at radius 1 is 1.15 bits per heavy atom. The predicted octanol–water partition coefficient (Wildman–Crippen LogP) is 2.63. The van der Waals surface area contributed by atoms with Crippen LogP contribution in [0.5, 0.6) is 0 Å². The molecule has 6 nitrogen and oxygen atoms in total. The Morgan fingerprint density at radius 3 is 2.48 bits per heavy atom. The Morgan fingerprint density at radius 2 is 1.85 bits per heavy atom. The number of ether oxygens (including phenoxy) is 1. The van der Waals surface area contributed by atoms with Gasteiger partial charge in [-0.05, 0) is 49.6 Å². The number of sulfonamides is 1. The molecule has 0 spiro atoms. The van der Waals surface area contributed by atoms with Gasteiger partial charge in [0.25, 0.3) is 5.91 Å². The molecular weight excluding hydrogens is 364 g/mol. The molecule has 1 aliphatic heterocycles. The van der Waals surface area contributed by atoms with E-state index in [1.165, 1.54) is 24.3 Å². The molecule has 2 N–H and O–H groups in total. The largest absolute Gasteiger partial charge is 0.376 e. The molecule has 3 rings (SSSR count). The second-order valence-corrected chi connectivity index (χ2v) is 8.34. The van der Waals surface area contributed by atoms with E-state index in [0.29, 0.717) is 12.1 Å². The molecule has 144 valence electrons. The highest BCUT2D eigenvalue weighted by atomic mass is 32.2. The van der Waals surface area contributed by atoms with Crippen molar-refractivity contribution >= 4 is 15.9 Å². The van der Waals surface area contributed by atoms with Crippen LogP contribution in [-0.2, 0) is 14.8 Å². The first-order valence-electron chi connectivity index (χ1n) is 9.03. The monoisotopic (exact) mass is 388 g/mol. The maximum absolute atomic E-state index is 12.6. The summed E-state index contributed by atoms with van der Waals surface area (Å²) in [6, 6.07) is 14.9. The Labute approximate surface area is 160 Å². The fraction of sp³-hybridized carbons (Fsp3) is 0.350. The molecule has 2 aromatic carbocycles. The lowest BCUT2D eigenvalue weighted by molar-refractivity contribution is 0.0857. The van der Waals surface area contributed by atoms with Crippen molar-refractivity contribution in [2.75, 3.05) is 13.2 Å². The van der Waals surface area contributed by atoms with Gasteiger partial charge in [-0.15, -0.1) is 0 Å². The van der Waals surface area contributed by atoms with E-state index in [9.17, 15) is 13.2 Å². The summed E-state index contributed by atoms with van der Waals surface area (Å²) < 4.78 is 33.3. The van der Waals surface area contributed by atoms with Crippen molar-refractivity contribution in [3.8, 4) is 0 Å². The van der Waals surface area contributed by atoms with Gasteiger partial charge in [0.2, 0.25) is 10.0 Å². The quantitative estimate of drug-likeness (QED) is 0.764. The van der Waals surface area contributed by atoms with Gasteiger partial charge in [-0.25, -0.2) is 13.1 Å². The van der Waals surface area contributed by atoms with Gasteiger partial charge in [-0.1, -0.05) is 30.3 Å². The van der Waals surface area contributed by atoms with Crippen LogP contribution in [0.1, 0.15) is 41.7 Å². The van der Waals surface area contributed by atoms with Crippen molar-refractivity contribution in [1.82, 2.24) is 10.0 Å². The topological polar surface area (TPSA) is 84.5 Å². The van der Waals surface area contributed by atoms with Crippen molar-refractivity contribution in [1.29, 1.82) is 0 Å². The van der Waals surface area contributed by atoms with Crippen molar-refractivity contribution in [2.45, 2.75) is 36.8 Å². The second-order valence-electron chi connectivity index (χ2n) is 6.62. The van der Waals surface area contributed by atoms with Gasteiger partial charge in [0.05, 0.1) is 11.0 Å². The molecule has 0 saturated carbocycles. The molecule has 1 fully saturated rings. The Balaban J connectivity index is 1.62. The zero-order valence-corrected chi connectivity index (χ0v) is 16.0. The van der Waals surface area contributed by atoms with Crippen LogP contribution in [-0.4, -0.2) is 33.6 Å². The summed E-state index contributed by atoms with van der Waals surface area (Å²) in [5.41, 5.74) is 1.30. The minimum Gasteiger partial charge on any atom is -0.376 e. The van der Waals surface area contributed by atoms with Gasteiger partial charge < -0.3 is 10.1 Å². The summed E-state index contributed by atoms with van der Waals surface area (Å²) in [6.45, 7) is 3.00. The first-order chi connectivity index (χ1) is 13.0. The van der Waals surface area contributed by atoms with Crippen LogP contribution >= 0.6 is 0 Å². The van der Waals surface area contributed by atoms with Crippen molar-refractivity contribution < 1.29 is 17.9 Å². The average molecular weight is 388 g/mol. The number of benzene rings is 2. The molecule has 2 aromatic rings. The van der Waals surface area contributed by atoms with Crippen LogP contribution < -0.4 is 10.0 Å². The lowest BCUT2D eigenvalue weighted by atomic mass is 10.1. The average Bonchev–Trinajstić information content (AvgIpc) is 3.20. The predicted molar refractivity (Wildman–Crippen MR) is 103 cm³/mol. The smallest absolute Gasteiger partial charge is 0.251 e. The summed E-state index contributed by atoms with van der Waals surface area (Å²) >= 11 is 0. The van der Waals surface area contributed by atoms with Gasteiger partial charge in [-0.2, -0.15) is 0 Å². The zero-order valence-electron chi connectivity index (χ0n) is 15.2. The van der Waals surface area contributed by atoms with Gasteiger partial charge in [0.1, 0.15) is 0 Å². The maximum Gasteiger partial charge on any atom is 0.251 e. The highest BCUT2D eigenvalue weighted by molar-refractivity contribution is 7.89. The summed E-state index contributed by atoms with van der Waals surface area (Å²) in [5.74, 6) is -0.236. The fourth-order valence-corrected chi connectivity index (χ4v) is 4.24. The first-order valence-corrected chi connectivity index (χ1v) is 10.5. The number of nitrogens with one attached hydrogen (secondary N) is 2. The third kappa shape index (κ3) is 5.15. The molecular formula is C20H24N2O4S. The lowest BCUT2D eigenvalue weighted by Crippen LogP contribution is -2.31. The minimum atomic E-state index is -3.68. The number of amides is 1. The summed E-state index contributed by atoms with van der Waals surface area (Å²) in [6.07, 6.45) is 2.03. The molecule has 2 unspecified atom stereocenters. The van der Waals surface area contributed by atoms with Crippen LogP contribution in [0.25, 0.3) is 0 Å². The molecule has 1 aliphatic rings. The zero-order chi connectivity index (χ0) is 19.3. The molecule has 1 heterocycles. The Hall–Kier alpha value is -2.22. The van der Waals surface area contributed by atoms with E-state index in [4.69, 9.17) is 4.74 Å². The SMILES string of the molecule is CC(NS(=O)(=O)c1ccc(C(=O)NCC2CCCO2)cc1)c1ccccc1. The van der Waals surface area contributed by atoms with Gasteiger partial charge in [-0.3, -0.25) is 4.79 Å². The molecule has 7 heteroatoms. The van der Waals surface area contributed by atoms with Gasteiger partial charge in [0, 0.05) is 24.8 Å². The Bertz CT molecular complexity index is 861. The van der Waals surface area contributed by atoms with Crippen molar-refractivity contribution in [3.05, 3.63) is 65.7 Å². The molecule has 0 bridgehead atoms. The molecule has 0 aromatic heterocycles. The van der Waals surface area contributed by atoms with Crippen LogP contribution in [0, 0.1) is 0 Å². The third-order valence-corrected chi connectivity index (χ3v) is 6.13. The number of carbonyl (C=O) groups is 1. The normalized spacial score (nSPS) is 18.2. The molecule has 1 saturated heterocycles. The lowest BCUT2D eigenvalue weighted by Gasteiger charge is -2.15. The van der Waals surface area contributed by atoms with E-state index >= 15 is 0 Å². The van der Waals surface area contributed by atoms with Crippen molar-refractivity contribution in [3.63, 3.8) is 0 Å². The van der Waals surface area contributed by atoms with E-state index in [2.05, 4.69) is 10.0 Å². The highest BCUT2D eigenvalue weighted by Crippen LogP contribution is 2.17. The number of hydrogen-bond donors (Lipinski definition) is 2. The van der Waals surface area contributed by atoms with E-state index < -0.39 is 10.0 Å². The molecule has 0 aliphatic carbocycles. The number of hydrogen-bond acceptors (Lipinski definition) is 4. The standard InChI is InChI=1S/C20H24N2O4S/c1-15(16-6-3-2-4-7-16)22-27(24,25)19-11-9-17(10-12-19)20(23)21-14-18-8-5-13-26-18/h2-4,6-7,9-12,15,18,22H,5,8,13-14H2,1H3,(H,21,23). The summed E-state index contributed by atoms with van der Waals surface area (Å²) in [7, 11) is -3.68. The van der Waals surface area contributed by atoms with Crippen LogP contribution in [0.4, 0.5) is 0 Å². The summed E-state index contributed by atoms with van der Waals surface area (Å²) in [4.78, 5) is 12.3. The van der Waals surface area contributed by atoms with E-state index in [-0.39, 0.29) is 22.9 Å². The minimum absolute atomic E-state index is 0.0669. The van der Waals surface area contributed by atoms with Crippen LogP contribution in [0.3, 0.4) is 0 Å². The van der Waals surface area contributed by atoms with Gasteiger partial charge in [0.15, 0.2) is 0 Å². The van der Waals surface area contributed by atoms with Crippen molar-refractivity contribution in [2.24, 2.45) is 0 Å². The molecule has 1 amide bonds. The maximum atomic E-state index is 12.6. The van der Waals surface area contributed by atoms with E-state index in [1.807, 2.05) is 30.3 Å². The van der Waals surface area contributed by atoms with Gasteiger partial charge >= 0.3 is 0 Å². The Kier molecular flexibility index (Phi) is 6.26. The molecule has 2 atom stereocenters. The summed E-state index contributed by atoms with van der Waals surface area (Å²) in [5, 5.41) is 2.82. The first kappa shape index (κ1) is 19.5. The molecule has 0 radical (unpaired) electrons. The fourth-order valence-electron chi connectivity index (χ4n) is 3.01. The number of rotatable bonds is 7. The van der Waals surface area contributed by atoms with E-state index in [0.717, 1.165) is 25.0 Å².